The standard InChI is InChI=1S/C16H14ClN7/c17-12-8-14(22-16-11(12)3-6-20-16)19-7-4-13-21-15(24-23-13)10-2-1-5-18-9-10/h1-3,5-6,8-9H,4,7H2,(H2,19,20,22)(H,21,23,24). The van der Waals surface area contributed by atoms with Gasteiger partial charge in [-0.15, -0.1) is 0 Å². The number of nitrogens with one attached hydrogen (secondary N) is 3. The molecule has 0 aliphatic carbocycles. The Bertz CT molecular complexity index is 961. The average Bonchev–Trinajstić information content (AvgIpc) is 3.25. The quantitative estimate of drug-likeness (QED) is 0.519. The van der Waals surface area contributed by atoms with Gasteiger partial charge in [0.05, 0.1) is 5.02 Å². The second-order valence-corrected chi connectivity index (χ2v) is 5.66. The molecule has 0 bridgehead atoms. The number of halogens is 1. The molecule has 8 heteroatoms. The molecule has 4 rings (SSSR count). The van der Waals surface area contributed by atoms with E-state index >= 15 is 0 Å². The van der Waals surface area contributed by atoms with Crippen LogP contribution in [0.1, 0.15) is 5.82 Å². The van der Waals surface area contributed by atoms with Crippen molar-refractivity contribution in [3.63, 3.8) is 0 Å². The van der Waals surface area contributed by atoms with Crippen molar-refractivity contribution in [1.82, 2.24) is 30.1 Å². The van der Waals surface area contributed by atoms with Gasteiger partial charge in [0, 0.05) is 42.5 Å². The molecule has 4 heterocycles. The van der Waals surface area contributed by atoms with Gasteiger partial charge in [0.1, 0.15) is 17.3 Å². The highest BCUT2D eigenvalue weighted by Gasteiger charge is 2.07. The van der Waals surface area contributed by atoms with E-state index in [1.54, 1.807) is 12.4 Å². The van der Waals surface area contributed by atoms with E-state index in [0.29, 0.717) is 23.8 Å². The number of aromatic nitrogens is 6. The molecule has 7 nitrogen and oxygen atoms in total. The minimum atomic E-state index is 0.645. The van der Waals surface area contributed by atoms with Crippen LogP contribution in [0, 0.1) is 0 Å². The van der Waals surface area contributed by atoms with E-state index in [0.717, 1.165) is 28.2 Å². The third kappa shape index (κ3) is 2.93. The van der Waals surface area contributed by atoms with Crippen molar-refractivity contribution in [3.05, 3.63) is 53.7 Å². The fourth-order valence-corrected chi connectivity index (χ4v) is 2.68. The van der Waals surface area contributed by atoms with Gasteiger partial charge in [-0.05, 0) is 24.3 Å². The summed E-state index contributed by atoms with van der Waals surface area (Å²) in [5.41, 5.74) is 1.65. The number of pyridine rings is 2. The number of rotatable bonds is 5. The maximum Gasteiger partial charge on any atom is 0.182 e. The first-order chi connectivity index (χ1) is 11.8. The van der Waals surface area contributed by atoms with Gasteiger partial charge in [-0.1, -0.05) is 11.6 Å². The van der Waals surface area contributed by atoms with Crippen molar-refractivity contribution in [3.8, 4) is 11.4 Å². The number of H-pyrrole nitrogens is 2. The Morgan fingerprint density at radius 3 is 3.04 bits per heavy atom. The zero-order chi connectivity index (χ0) is 16.4. The lowest BCUT2D eigenvalue weighted by molar-refractivity contribution is 0.898. The van der Waals surface area contributed by atoms with Crippen molar-refractivity contribution in [2.24, 2.45) is 0 Å². The molecule has 3 N–H and O–H groups in total. The zero-order valence-electron chi connectivity index (χ0n) is 12.6. The van der Waals surface area contributed by atoms with Gasteiger partial charge in [-0.2, -0.15) is 5.10 Å². The first-order valence-corrected chi connectivity index (χ1v) is 7.86. The van der Waals surface area contributed by atoms with Crippen LogP contribution in [0.15, 0.2) is 42.9 Å². The van der Waals surface area contributed by atoms with Crippen LogP contribution < -0.4 is 5.32 Å². The highest BCUT2D eigenvalue weighted by Crippen LogP contribution is 2.24. The van der Waals surface area contributed by atoms with E-state index in [2.05, 4.69) is 35.5 Å². The predicted octanol–water partition coefficient (Wildman–Crippen LogP) is 3.05. The average molecular weight is 340 g/mol. The molecule has 0 amide bonds. The van der Waals surface area contributed by atoms with E-state index in [1.807, 2.05) is 30.5 Å². The third-order valence-electron chi connectivity index (χ3n) is 3.60. The summed E-state index contributed by atoms with van der Waals surface area (Å²) >= 11 is 6.24. The summed E-state index contributed by atoms with van der Waals surface area (Å²) in [5, 5.41) is 12.0. The second-order valence-electron chi connectivity index (χ2n) is 5.25. The van der Waals surface area contributed by atoms with Crippen LogP contribution in [-0.2, 0) is 6.42 Å². The SMILES string of the molecule is Clc1cc(NCCc2nc(-c3cccnc3)n[nH]2)nc2[nH]ccc12. The van der Waals surface area contributed by atoms with Crippen LogP contribution in [0.2, 0.25) is 5.02 Å². The zero-order valence-corrected chi connectivity index (χ0v) is 13.4. The Hall–Kier alpha value is -2.93. The molecular weight excluding hydrogens is 326 g/mol. The summed E-state index contributed by atoms with van der Waals surface area (Å²) < 4.78 is 0. The Morgan fingerprint density at radius 2 is 2.17 bits per heavy atom. The smallest absolute Gasteiger partial charge is 0.182 e. The van der Waals surface area contributed by atoms with Gasteiger partial charge in [-0.3, -0.25) is 10.1 Å². The van der Waals surface area contributed by atoms with E-state index in [-0.39, 0.29) is 0 Å². The number of fused-ring (bicyclic) bond motifs is 1. The van der Waals surface area contributed by atoms with E-state index in [1.165, 1.54) is 0 Å². The van der Waals surface area contributed by atoms with E-state index in [9.17, 15) is 0 Å². The van der Waals surface area contributed by atoms with Crippen LogP contribution in [0.4, 0.5) is 5.82 Å². The molecule has 0 fully saturated rings. The lowest BCUT2D eigenvalue weighted by Crippen LogP contribution is -2.07. The summed E-state index contributed by atoms with van der Waals surface area (Å²) in [6.45, 7) is 0.664. The summed E-state index contributed by atoms with van der Waals surface area (Å²) in [7, 11) is 0. The number of nitrogens with zero attached hydrogens (tertiary/aromatic N) is 4. The summed E-state index contributed by atoms with van der Waals surface area (Å²) in [5.74, 6) is 2.17. The van der Waals surface area contributed by atoms with Gasteiger partial charge in [0.25, 0.3) is 0 Å². The molecule has 0 atom stereocenters. The van der Waals surface area contributed by atoms with Crippen LogP contribution in [0.25, 0.3) is 22.4 Å². The molecule has 0 aliphatic rings. The van der Waals surface area contributed by atoms with Crippen LogP contribution >= 0.6 is 11.6 Å². The maximum absolute atomic E-state index is 6.24. The van der Waals surface area contributed by atoms with Gasteiger partial charge in [0.2, 0.25) is 0 Å². The summed E-state index contributed by atoms with van der Waals surface area (Å²) in [6, 6.07) is 7.51. The minimum absolute atomic E-state index is 0.645. The number of anilines is 1. The van der Waals surface area contributed by atoms with Crippen molar-refractivity contribution in [2.75, 3.05) is 11.9 Å². The van der Waals surface area contributed by atoms with Crippen molar-refractivity contribution < 1.29 is 0 Å². The normalized spacial score (nSPS) is 11.0. The molecule has 0 unspecified atom stereocenters. The van der Waals surface area contributed by atoms with Crippen molar-refractivity contribution in [2.45, 2.75) is 6.42 Å². The van der Waals surface area contributed by atoms with Gasteiger partial charge >= 0.3 is 0 Å². The maximum atomic E-state index is 6.24. The largest absolute Gasteiger partial charge is 0.370 e. The Kier molecular flexibility index (Phi) is 3.84. The molecule has 4 aromatic rings. The van der Waals surface area contributed by atoms with Gasteiger partial charge in [-0.25, -0.2) is 9.97 Å². The monoisotopic (exact) mass is 339 g/mol. The third-order valence-corrected chi connectivity index (χ3v) is 3.91. The first-order valence-electron chi connectivity index (χ1n) is 7.49. The molecular formula is C16H14ClN7. The molecule has 0 saturated heterocycles. The number of hydrogen-bond acceptors (Lipinski definition) is 5. The molecule has 0 spiro atoms. The highest BCUT2D eigenvalue weighted by atomic mass is 35.5. The van der Waals surface area contributed by atoms with Crippen molar-refractivity contribution in [1.29, 1.82) is 0 Å². The molecule has 0 saturated carbocycles. The van der Waals surface area contributed by atoms with E-state index in [4.69, 9.17) is 11.6 Å². The number of hydrogen-bond donors (Lipinski definition) is 3. The summed E-state index contributed by atoms with van der Waals surface area (Å²) in [4.78, 5) is 16.1. The summed E-state index contributed by atoms with van der Waals surface area (Å²) in [6.07, 6.45) is 5.97. The molecule has 0 aliphatic heterocycles. The molecule has 4 aromatic heterocycles. The second kappa shape index (κ2) is 6.29. The van der Waals surface area contributed by atoms with E-state index < -0.39 is 0 Å². The fraction of sp³-hybridized carbons (Fsp3) is 0.125. The van der Waals surface area contributed by atoms with Crippen LogP contribution in [0.5, 0.6) is 0 Å². The predicted molar refractivity (Wildman–Crippen MR) is 92.9 cm³/mol. The fourth-order valence-electron chi connectivity index (χ4n) is 2.43. The lowest BCUT2D eigenvalue weighted by Gasteiger charge is -2.05. The number of aromatic amines is 2. The van der Waals surface area contributed by atoms with Gasteiger partial charge < -0.3 is 10.3 Å². The van der Waals surface area contributed by atoms with Gasteiger partial charge in [0.15, 0.2) is 5.82 Å². The Labute approximate surface area is 142 Å². The van der Waals surface area contributed by atoms with Crippen LogP contribution in [-0.4, -0.2) is 36.7 Å². The molecule has 0 aromatic carbocycles. The highest BCUT2D eigenvalue weighted by molar-refractivity contribution is 6.35. The topological polar surface area (TPSA) is 95.2 Å². The first kappa shape index (κ1) is 14.6. The van der Waals surface area contributed by atoms with Crippen molar-refractivity contribution >= 4 is 28.5 Å². The molecule has 120 valence electrons. The Morgan fingerprint density at radius 1 is 1.21 bits per heavy atom. The molecule has 24 heavy (non-hydrogen) atoms. The minimum Gasteiger partial charge on any atom is -0.370 e. The Balaban J connectivity index is 1.41. The van der Waals surface area contributed by atoms with Crippen LogP contribution in [0.3, 0.4) is 0 Å². The molecule has 0 radical (unpaired) electrons. The lowest BCUT2D eigenvalue weighted by atomic mass is 10.3.